The molecule has 0 spiro atoms. The van der Waals surface area contributed by atoms with Gasteiger partial charge in [-0.15, -0.1) is 0 Å². The highest BCUT2D eigenvalue weighted by Gasteiger charge is 2.34. The summed E-state index contributed by atoms with van der Waals surface area (Å²) in [7, 11) is -4.88. The minimum atomic E-state index is -4.88. The third-order valence-electron chi connectivity index (χ3n) is 1.86. The van der Waals surface area contributed by atoms with Gasteiger partial charge in [-0.1, -0.05) is 6.92 Å². The van der Waals surface area contributed by atoms with E-state index in [1.165, 1.54) is 0 Å². The Balaban J connectivity index is 4.35. The van der Waals surface area contributed by atoms with E-state index in [0.717, 1.165) is 0 Å². The molecule has 10 heteroatoms. The summed E-state index contributed by atoms with van der Waals surface area (Å²) in [4.78, 5) is 32.4. The number of hydrogen-bond donors (Lipinski definition) is 2. The Morgan fingerprint density at radius 1 is 1.16 bits per heavy atom. The highest BCUT2D eigenvalue weighted by atomic mass is 32.2. The molecule has 0 aliphatic heterocycles. The van der Waals surface area contributed by atoms with Crippen LogP contribution in [0, 0.1) is 0 Å². The van der Waals surface area contributed by atoms with Gasteiger partial charge in [0.05, 0.1) is 6.42 Å². The number of carbonyl (C=O) groups is 3. The van der Waals surface area contributed by atoms with Gasteiger partial charge in [-0.3, -0.25) is 18.9 Å². The molecular formula is C9H14O9S. The first-order chi connectivity index (χ1) is 8.68. The second-order valence-electron chi connectivity index (χ2n) is 3.34. The van der Waals surface area contributed by atoms with Crippen LogP contribution in [0.4, 0.5) is 0 Å². The lowest BCUT2D eigenvalue weighted by molar-refractivity contribution is -0.153. The maximum absolute atomic E-state index is 11.3. The fourth-order valence-electron chi connectivity index (χ4n) is 0.962. The first-order valence-corrected chi connectivity index (χ1v) is 6.69. The molecule has 1 atom stereocenters. The first-order valence-electron chi connectivity index (χ1n) is 5.18. The van der Waals surface area contributed by atoms with E-state index in [4.69, 9.17) is 9.66 Å². The summed E-state index contributed by atoms with van der Waals surface area (Å²) >= 11 is 0. The molecule has 0 radical (unpaired) electrons. The van der Waals surface area contributed by atoms with Crippen molar-refractivity contribution < 1.29 is 41.9 Å². The zero-order chi connectivity index (χ0) is 15.1. The average Bonchev–Trinajstić information content (AvgIpc) is 2.29. The molecule has 0 bridgehead atoms. The van der Waals surface area contributed by atoms with E-state index in [-0.39, 0.29) is 13.0 Å². The normalized spacial score (nSPS) is 12.5. The molecule has 9 nitrogen and oxygen atoms in total. The highest BCUT2D eigenvalue weighted by molar-refractivity contribution is 7.87. The van der Waals surface area contributed by atoms with Crippen LogP contribution in [0.1, 0.15) is 19.8 Å². The monoisotopic (exact) mass is 298 g/mol. The van der Waals surface area contributed by atoms with Crippen molar-refractivity contribution in [2.45, 2.75) is 25.0 Å². The summed E-state index contributed by atoms with van der Waals surface area (Å²) in [6, 6.07) is 0. The molecule has 0 rings (SSSR count). The summed E-state index contributed by atoms with van der Waals surface area (Å²) < 4.78 is 39.3. The average molecular weight is 298 g/mol. The Bertz CT molecular complexity index is 439. The van der Waals surface area contributed by atoms with Gasteiger partial charge in [0.25, 0.3) is 10.1 Å². The van der Waals surface area contributed by atoms with Crippen molar-refractivity contribution in [3.8, 4) is 0 Å². The van der Waals surface area contributed by atoms with Crippen molar-refractivity contribution in [2.24, 2.45) is 0 Å². The Labute approximate surface area is 109 Å². The predicted molar refractivity (Wildman–Crippen MR) is 59.8 cm³/mol. The van der Waals surface area contributed by atoms with Crippen LogP contribution < -0.4 is 0 Å². The van der Waals surface area contributed by atoms with Crippen LogP contribution in [0.15, 0.2) is 0 Å². The minimum absolute atomic E-state index is 0.126. The number of rotatable bonds is 8. The fraction of sp³-hybridized carbons (Fsp3) is 0.667. The largest absolute Gasteiger partial charge is 0.481 e. The summed E-state index contributed by atoms with van der Waals surface area (Å²) in [6.45, 7) is 0.829. The molecule has 0 amide bonds. The van der Waals surface area contributed by atoms with Gasteiger partial charge in [0.1, 0.15) is 13.2 Å². The molecular weight excluding hydrogens is 284 g/mol. The van der Waals surface area contributed by atoms with Crippen LogP contribution in [0.3, 0.4) is 0 Å². The topological polar surface area (TPSA) is 144 Å². The fourth-order valence-corrected chi connectivity index (χ4v) is 1.63. The molecule has 0 saturated heterocycles. The molecule has 0 aromatic carbocycles. The number of carboxylic acids is 1. The number of esters is 2. The number of aliphatic carboxylic acids is 1. The zero-order valence-corrected chi connectivity index (χ0v) is 10.9. The van der Waals surface area contributed by atoms with Crippen molar-refractivity contribution in [1.29, 1.82) is 0 Å². The van der Waals surface area contributed by atoms with Crippen molar-refractivity contribution in [3.05, 3.63) is 0 Å². The van der Waals surface area contributed by atoms with Gasteiger partial charge in [-0.05, 0) is 0 Å². The van der Waals surface area contributed by atoms with E-state index in [1.54, 1.807) is 6.92 Å². The van der Waals surface area contributed by atoms with Gasteiger partial charge in [0.15, 0.2) is 5.25 Å². The third kappa shape index (κ3) is 7.36. The van der Waals surface area contributed by atoms with E-state index in [0.29, 0.717) is 0 Å². The van der Waals surface area contributed by atoms with E-state index in [9.17, 15) is 22.8 Å². The van der Waals surface area contributed by atoms with E-state index in [1.807, 2.05) is 0 Å². The smallest absolute Gasteiger partial charge is 0.327 e. The predicted octanol–water partition coefficient (Wildman–Crippen LogP) is -0.786. The maximum atomic E-state index is 11.3. The molecule has 0 aliphatic carbocycles. The van der Waals surface area contributed by atoms with Crippen molar-refractivity contribution in [3.63, 3.8) is 0 Å². The molecule has 0 aromatic rings. The number of carbonyl (C=O) groups excluding carboxylic acids is 2. The Morgan fingerprint density at radius 3 is 2.11 bits per heavy atom. The molecule has 2 N–H and O–H groups in total. The highest BCUT2D eigenvalue weighted by Crippen LogP contribution is 2.07. The summed E-state index contributed by atoms with van der Waals surface area (Å²) in [5.74, 6) is -3.54. The van der Waals surface area contributed by atoms with Crippen LogP contribution in [-0.2, 0) is 34.0 Å². The maximum Gasteiger partial charge on any atom is 0.327 e. The quantitative estimate of drug-likeness (QED) is 0.334. The van der Waals surface area contributed by atoms with E-state index in [2.05, 4.69) is 9.47 Å². The lowest BCUT2D eigenvalue weighted by atomic mass is 10.3. The number of hydrogen-bond acceptors (Lipinski definition) is 7. The Kier molecular flexibility index (Phi) is 7.01. The molecule has 110 valence electrons. The standard InChI is InChI=1S/C9H14O9S/c1-2-8(12)17-3-4-18-9(13)6(5-7(10)11)19(14,15)16/h6H,2-5H2,1H3,(H,10,11)(H,14,15,16). The number of carboxylic acid groups (broad SMARTS) is 1. The third-order valence-corrected chi connectivity index (χ3v) is 2.94. The van der Waals surface area contributed by atoms with Crippen LogP contribution in [0.5, 0.6) is 0 Å². The van der Waals surface area contributed by atoms with Gasteiger partial charge < -0.3 is 14.6 Å². The van der Waals surface area contributed by atoms with Gasteiger partial charge in [0.2, 0.25) is 0 Å². The molecule has 0 fully saturated rings. The van der Waals surface area contributed by atoms with Gasteiger partial charge in [-0.25, -0.2) is 0 Å². The summed E-state index contributed by atoms with van der Waals surface area (Å²) in [6.07, 6.45) is -0.993. The van der Waals surface area contributed by atoms with Crippen LogP contribution in [0.2, 0.25) is 0 Å². The van der Waals surface area contributed by atoms with Crippen molar-refractivity contribution in [1.82, 2.24) is 0 Å². The molecule has 19 heavy (non-hydrogen) atoms. The van der Waals surface area contributed by atoms with Crippen molar-refractivity contribution in [2.75, 3.05) is 13.2 Å². The van der Waals surface area contributed by atoms with Gasteiger partial charge in [-0.2, -0.15) is 8.42 Å². The van der Waals surface area contributed by atoms with Gasteiger partial charge >= 0.3 is 17.9 Å². The first kappa shape index (κ1) is 17.3. The molecule has 1 unspecified atom stereocenters. The molecule has 0 aromatic heterocycles. The molecule has 0 aliphatic rings. The van der Waals surface area contributed by atoms with Crippen LogP contribution in [-0.4, -0.2) is 54.4 Å². The van der Waals surface area contributed by atoms with E-state index < -0.39 is 46.3 Å². The Hall–Kier alpha value is -1.68. The Morgan fingerprint density at radius 2 is 1.68 bits per heavy atom. The van der Waals surface area contributed by atoms with Gasteiger partial charge in [0, 0.05) is 6.42 Å². The summed E-state index contributed by atoms with van der Waals surface area (Å²) in [5.41, 5.74) is 0. The van der Waals surface area contributed by atoms with Crippen LogP contribution >= 0.6 is 0 Å². The summed E-state index contributed by atoms with van der Waals surface area (Å²) in [5, 5.41) is 6.22. The SMILES string of the molecule is CCC(=O)OCCOC(=O)C(CC(=O)O)S(=O)(=O)O. The zero-order valence-electron chi connectivity index (χ0n) is 10.1. The number of ether oxygens (including phenoxy) is 2. The minimum Gasteiger partial charge on any atom is -0.481 e. The molecule has 0 saturated carbocycles. The lowest BCUT2D eigenvalue weighted by Crippen LogP contribution is -2.34. The molecule has 0 heterocycles. The van der Waals surface area contributed by atoms with Crippen molar-refractivity contribution >= 4 is 28.0 Å². The van der Waals surface area contributed by atoms with E-state index >= 15 is 0 Å². The second kappa shape index (κ2) is 7.69. The lowest BCUT2D eigenvalue weighted by Gasteiger charge is -2.11. The van der Waals surface area contributed by atoms with Crippen LogP contribution in [0.25, 0.3) is 0 Å². The second-order valence-corrected chi connectivity index (χ2v) is 4.94.